The van der Waals surface area contributed by atoms with Gasteiger partial charge in [-0.15, -0.1) is 11.3 Å². The summed E-state index contributed by atoms with van der Waals surface area (Å²) in [5.41, 5.74) is -0.427. The minimum absolute atomic E-state index is 0.179. The van der Waals surface area contributed by atoms with Crippen LogP contribution in [-0.4, -0.2) is 13.3 Å². The van der Waals surface area contributed by atoms with Gasteiger partial charge in [0.1, 0.15) is 15.7 Å². The van der Waals surface area contributed by atoms with Gasteiger partial charge in [-0.3, -0.25) is 10.1 Å². The lowest BCUT2D eigenvalue weighted by Gasteiger charge is -2.10. The molecular formula is C11H11ClN2O5S2. The predicted octanol–water partition coefficient (Wildman–Crippen LogP) is 3.25. The fraction of sp³-hybridized carbons (Fsp3) is 0.273. The fourth-order valence-electron chi connectivity index (χ4n) is 1.63. The van der Waals surface area contributed by atoms with Gasteiger partial charge in [-0.2, -0.15) is 0 Å². The van der Waals surface area contributed by atoms with Crippen LogP contribution >= 0.6 is 22.9 Å². The molecule has 2 heterocycles. The van der Waals surface area contributed by atoms with Gasteiger partial charge in [0, 0.05) is 6.07 Å². The van der Waals surface area contributed by atoms with Crippen LogP contribution in [0.1, 0.15) is 24.5 Å². The predicted molar refractivity (Wildman–Crippen MR) is 78.2 cm³/mol. The van der Waals surface area contributed by atoms with Crippen LogP contribution in [-0.2, 0) is 10.0 Å². The molecule has 1 unspecified atom stereocenters. The molecule has 0 fully saturated rings. The van der Waals surface area contributed by atoms with Crippen LogP contribution < -0.4 is 4.72 Å². The molecule has 1 N–H and O–H groups in total. The maximum Gasteiger partial charge on any atom is 0.300 e. The Morgan fingerprint density at radius 3 is 2.62 bits per heavy atom. The Morgan fingerprint density at radius 2 is 2.14 bits per heavy atom. The summed E-state index contributed by atoms with van der Waals surface area (Å²) in [6.45, 7) is 3.35. The molecule has 0 amide bonds. The Balaban J connectivity index is 2.26. The highest BCUT2D eigenvalue weighted by molar-refractivity contribution is 7.91. The molecule has 2 aromatic heterocycles. The Hall–Kier alpha value is -1.42. The summed E-state index contributed by atoms with van der Waals surface area (Å²) in [4.78, 5) is 9.98. The number of sulfonamides is 1. The van der Waals surface area contributed by atoms with E-state index in [0.29, 0.717) is 22.9 Å². The summed E-state index contributed by atoms with van der Waals surface area (Å²) in [6.07, 6.45) is 0. The summed E-state index contributed by atoms with van der Waals surface area (Å²) < 4.78 is 31.7. The molecule has 114 valence electrons. The SMILES string of the molecule is Cc1ccc(C(C)NS(=O)(=O)c2cc([N+](=O)[O-])c(Cl)s2)o1. The third-order valence-corrected chi connectivity index (χ3v) is 5.98. The molecule has 0 aliphatic heterocycles. The van der Waals surface area contributed by atoms with E-state index in [2.05, 4.69) is 4.72 Å². The van der Waals surface area contributed by atoms with E-state index in [1.807, 2.05) is 0 Å². The van der Waals surface area contributed by atoms with Crippen LogP contribution in [0.5, 0.6) is 0 Å². The van der Waals surface area contributed by atoms with E-state index in [-0.39, 0.29) is 8.55 Å². The van der Waals surface area contributed by atoms with Crippen LogP contribution in [0, 0.1) is 17.0 Å². The Kier molecular flexibility index (Phi) is 4.38. The minimum Gasteiger partial charge on any atom is -0.465 e. The highest BCUT2D eigenvalue weighted by Crippen LogP contribution is 2.36. The first-order chi connectivity index (χ1) is 9.70. The van der Waals surface area contributed by atoms with E-state index in [4.69, 9.17) is 16.0 Å². The van der Waals surface area contributed by atoms with Crippen molar-refractivity contribution < 1.29 is 17.8 Å². The van der Waals surface area contributed by atoms with Crippen LogP contribution in [0.15, 0.2) is 26.8 Å². The molecular weight excluding hydrogens is 340 g/mol. The van der Waals surface area contributed by atoms with Crippen LogP contribution in [0.25, 0.3) is 0 Å². The van der Waals surface area contributed by atoms with Gasteiger partial charge in [0.15, 0.2) is 4.34 Å². The first kappa shape index (κ1) is 16.0. The molecule has 0 radical (unpaired) electrons. The number of hydrogen-bond acceptors (Lipinski definition) is 6. The number of thiophene rings is 1. The van der Waals surface area contributed by atoms with Gasteiger partial charge in [0.2, 0.25) is 0 Å². The fourth-order valence-corrected chi connectivity index (χ4v) is 4.52. The second kappa shape index (κ2) is 5.76. The summed E-state index contributed by atoms with van der Waals surface area (Å²) in [5.74, 6) is 1.11. The quantitative estimate of drug-likeness (QED) is 0.658. The first-order valence-electron chi connectivity index (χ1n) is 5.73. The lowest BCUT2D eigenvalue weighted by molar-refractivity contribution is -0.384. The molecule has 10 heteroatoms. The maximum atomic E-state index is 12.2. The van der Waals surface area contributed by atoms with E-state index in [1.165, 1.54) is 0 Å². The summed E-state index contributed by atoms with van der Waals surface area (Å²) in [5, 5.41) is 10.7. The lowest BCUT2D eigenvalue weighted by Crippen LogP contribution is -2.25. The Bertz CT molecular complexity index is 780. The van der Waals surface area contributed by atoms with E-state index < -0.39 is 26.7 Å². The molecule has 0 aliphatic carbocycles. The monoisotopic (exact) mass is 350 g/mol. The molecule has 0 aliphatic rings. The van der Waals surface area contributed by atoms with Crippen molar-refractivity contribution in [2.24, 2.45) is 0 Å². The molecule has 7 nitrogen and oxygen atoms in total. The van der Waals surface area contributed by atoms with Crippen molar-refractivity contribution in [3.05, 3.63) is 44.2 Å². The molecule has 2 aromatic rings. The number of rotatable bonds is 5. The van der Waals surface area contributed by atoms with Crippen molar-refractivity contribution in [2.75, 3.05) is 0 Å². The van der Waals surface area contributed by atoms with Crippen molar-refractivity contribution in [1.82, 2.24) is 4.72 Å². The van der Waals surface area contributed by atoms with E-state index in [1.54, 1.807) is 26.0 Å². The highest BCUT2D eigenvalue weighted by atomic mass is 35.5. The standard InChI is InChI=1S/C11H11ClN2O5S2/c1-6-3-4-9(19-6)7(2)13-21(17,18)10-5-8(14(15)16)11(12)20-10/h3-5,7,13H,1-2H3. The molecule has 2 rings (SSSR count). The third kappa shape index (κ3) is 3.43. The zero-order valence-corrected chi connectivity index (χ0v) is 13.4. The normalized spacial score (nSPS) is 13.3. The van der Waals surface area contributed by atoms with Crippen LogP contribution in [0.4, 0.5) is 5.69 Å². The molecule has 0 saturated heterocycles. The van der Waals surface area contributed by atoms with Crippen molar-refractivity contribution in [1.29, 1.82) is 0 Å². The number of nitrogens with zero attached hydrogens (tertiary/aromatic N) is 1. The smallest absolute Gasteiger partial charge is 0.300 e. The van der Waals surface area contributed by atoms with Crippen molar-refractivity contribution in [3.63, 3.8) is 0 Å². The molecule has 0 bridgehead atoms. The number of nitrogens with one attached hydrogen (secondary N) is 1. The lowest BCUT2D eigenvalue weighted by atomic mass is 10.3. The van der Waals surface area contributed by atoms with Gasteiger partial charge in [0.05, 0.1) is 11.0 Å². The maximum absolute atomic E-state index is 12.2. The average molecular weight is 351 g/mol. The number of furan rings is 1. The summed E-state index contributed by atoms with van der Waals surface area (Å²) in [6, 6.07) is 3.71. The van der Waals surface area contributed by atoms with Gasteiger partial charge in [-0.05, 0) is 26.0 Å². The van der Waals surface area contributed by atoms with Gasteiger partial charge >= 0.3 is 0 Å². The average Bonchev–Trinajstić information content (AvgIpc) is 2.95. The van der Waals surface area contributed by atoms with Crippen molar-refractivity contribution in [2.45, 2.75) is 24.1 Å². The second-order valence-corrected chi connectivity index (χ2v) is 7.87. The summed E-state index contributed by atoms with van der Waals surface area (Å²) in [7, 11) is -3.91. The van der Waals surface area contributed by atoms with E-state index >= 15 is 0 Å². The van der Waals surface area contributed by atoms with E-state index in [0.717, 1.165) is 6.07 Å². The van der Waals surface area contributed by atoms with Gasteiger partial charge in [-0.1, -0.05) is 11.6 Å². The second-order valence-electron chi connectivity index (χ2n) is 4.27. The van der Waals surface area contributed by atoms with E-state index in [9.17, 15) is 18.5 Å². The molecule has 0 spiro atoms. The zero-order chi connectivity index (χ0) is 15.8. The third-order valence-electron chi connectivity index (χ3n) is 2.63. The topological polar surface area (TPSA) is 102 Å². The minimum atomic E-state index is -3.91. The molecule has 1 atom stereocenters. The highest BCUT2D eigenvalue weighted by Gasteiger charge is 2.27. The van der Waals surface area contributed by atoms with Gasteiger partial charge in [0.25, 0.3) is 15.7 Å². The Labute approximate surface area is 129 Å². The van der Waals surface area contributed by atoms with Crippen LogP contribution in [0.2, 0.25) is 4.34 Å². The van der Waals surface area contributed by atoms with Gasteiger partial charge < -0.3 is 4.42 Å². The number of aryl methyl sites for hydroxylation is 1. The zero-order valence-electron chi connectivity index (χ0n) is 11.0. The Morgan fingerprint density at radius 1 is 1.48 bits per heavy atom. The number of hydrogen-bond donors (Lipinski definition) is 1. The van der Waals surface area contributed by atoms with Crippen molar-refractivity contribution in [3.8, 4) is 0 Å². The summed E-state index contributed by atoms with van der Waals surface area (Å²) >= 11 is 6.30. The molecule has 0 aromatic carbocycles. The largest absolute Gasteiger partial charge is 0.465 e. The molecule has 21 heavy (non-hydrogen) atoms. The van der Waals surface area contributed by atoms with Crippen LogP contribution in [0.3, 0.4) is 0 Å². The first-order valence-corrected chi connectivity index (χ1v) is 8.41. The number of halogens is 1. The molecule has 0 saturated carbocycles. The van der Waals surface area contributed by atoms with Crippen molar-refractivity contribution >= 4 is 38.6 Å². The van der Waals surface area contributed by atoms with Gasteiger partial charge in [-0.25, -0.2) is 13.1 Å². The number of nitro groups is 1.